The summed E-state index contributed by atoms with van der Waals surface area (Å²) in [6.07, 6.45) is 8.62. The molecule has 3 heterocycles. The lowest BCUT2D eigenvalue weighted by Gasteiger charge is -2.35. The lowest BCUT2D eigenvalue weighted by molar-refractivity contribution is 0.0601. The first-order valence-electron chi connectivity index (χ1n) is 7.52. The molecule has 2 aromatic rings. The lowest BCUT2D eigenvalue weighted by Crippen LogP contribution is -2.39. The van der Waals surface area contributed by atoms with E-state index < -0.39 is 0 Å². The highest BCUT2D eigenvalue weighted by molar-refractivity contribution is 7.98. The summed E-state index contributed by atoms with van der Waals surface area (Å²) in [4.78, 5) is 23.7. The first-order chi connectivity index (χ1) is 10.8. The molecule has 1 amide bonds. The maximum Gasteiger partial charge on any atom is 0.257 e. The van der Waals surface area contributed by atoms with Gasteiger partial charge in [0.25, 0.3) is 5.91 Å². The largest absolute Gasteiger partial charge is 0.330 e. The smallest absolute Gasteiger partial charge is 0.257 e. The van der Waals surface area contributed by atoms with Crippen LogP contribution in [0.15, 0.2) is 47.8 Å². The van der Waals surface area contributed by atoms with Crippen LogP contribution in [0.3, 0.4) is 0 Å². The monoisotopic (exact) mass is 313 g/mol. The molecule has 2 aromatic heterocycles. The molecule has 3 rings (SSSR count). The van der Waals surface area contributed by atoms with Gasteiger partial charge in [0.2, 0.25) is 0 Å². The van der Waals surface area contributed by atoms with Gasteiger partial charge in [-0.3, -0.25) is 9.78 Å². The van der Waals surface area contributed by atoms with E-state index in [1.807, 2.05) is 41.5 Å². The average Bonchev–Trinajstić information content (AvgIpc) is 2.62. The summed E-state index contributed by atoms with van der Waals surface area (Å²) in [6, 6.07) is 9.66. The van der Waals surface area contributed by atoms with Crippen molar-refractivity contribution in [2.45, 2.75) is 30.3 Å². The molecule has 1 saturated heterocycles. The maximum absolute atomic E-state index is 13.0. The van der Waals surface area contributed by atoms with E-state index in [2.05, 4.69) is 9.97 Å². The number of aromatic nitrogens is 2. The van der Waals surface area contributed by atoms with E-state index in [9.17, 15) is 4.79 Å². The topological polar surface area (TPSA) is 46.1 Å². The Balaban J connectivity index is 1.92. The molecule has 4 nitrogen and oxygen atoms in total. The molecular weight excluding hydrogens is 294 g/mol. The number of hydrogen-bond donors (Lipinski definition) is 0. The van der Waals surface area contributed by atoms with Gasteiger partial charge in [0.05, 0.1) is 17.3 Å². The van der Waals surface area contributed by atoms with Crippen molar-refractivity contribution in [3.8, 4) is 0 Å². The van der Waals surface area contributed by atoms with Crippen molar-refractivity contribution < 1.29 is 4.79 Å². The molecule has 0 aliphatic carbocycles. The number of amides is 1. The van der Waals surface area contributed by atoms with Gasteiger partial charge < -0.3 is 4.90 Å². The van der Waals surface area contributed by atoms with E-state index in [1.165, 1.54) is 11.8 Å². The molecule has 0 unspecified atom stereocenters. The summed E-state index contributed by atoms with van der Waals surface area (Å²) in [5.74, 6) is 0.0628. The summed E-state index contributed by atoms with van der Waals surface area (Å²) in [5, 5.41) is 0.790. The molecule has 1 aliphatic rings. The third kappa shape index (κ3) is 2.99. The molecular formula is C17H19N3OS. The fraction of sp³-hybridized carbons (Fsp3) is 0.353. The Morgan fingerprint density at radius 2 is 2.05 bits per heavy atom. The van der Waals surface area contributed by atoms with E-state index in [0.29, 0.717) is 5.56 Å². The molecule has 0 N–H and O–H groups in total. The number of rotatable bonds is 3. The summed E-state index contributed by atoms with van der Waals surface area (Å²) >= 11 is 1.51. The Kier molecular flexibility index (Phi) is 4.73. The number of nitrogens with zero attached hydrogens (tertiary/aromatic N) is 3. The molecule has 0 spiro atoms. The molecule has 0 bridgehead atoms. The Bertz CT molecular complexity index is 647. The zero-order valence-corrected chi connectivity index (χ0v) is 13.4. The van der Waals surface area contributed by atoms with Crippen LogP contribution in [0.5, 0.6) is 0 Å². The highest BCUT2D eigenvalue weighted by atomic mass is 32.2. The third-order valence-corrected chi connectivity index (χ3v) is 4.70. The molecule has 0 saturated carbocycles. The molecule has 114 valence electrons. The minimum Gasteiger partial charge on any atom is -0.330 e. The normalized spacial score (nSPS) is 18.2. The zero-order valence-electron chi connectivity index (χ0n) is 12.6. The summed E-state index contributed by atoms with van der Waals surface area (Å²) in [7, 11) is 0. The van der Waals surface area contributed by atoms with Crippen molar-refractivity contribution in [1.29, 1.82) is 0 Å². The number of piperidine rings is 1. The number of pyridine rings is 2. The zero-order chi connectivity index (χ0) is 15.4. The first-order valence-corrected chi connectivity index (χ1v) is 8.74. The van der Waals surface area contributed by atoms with Gasteiger partial charge in [-0.15, -0.1) is 11.8 Å². The SMILES string of the molecule is CSc1ncccc1C(=O)N1CCCC[C@@H]1c1ccccn1. The van der Waals surface area contributed by atoms with Crippen molar-refractivity contribution in [1.82, 2.24) is 14.9 Å². The molecule has 5 heteroatoms. The summed E-state index contributed by atoms with van der Waals surface area (Å²) in [5.41, 5.74) is 1.67. The second-order valence-electron chi connectivity index (χ2n) is 5.32. The Hall–Kier alpha value is -1.88. The number of hydrogen-bond acceptors (Lipinski definition) is 4. The summed E-state index contributed by atoms with van der Waals surface area (Å²) < 4.78 is 0. The van der Waals surface area contributed by atoms with E-state index in [-0.39, 0.29) is 11.9 Å². The lowest BCUT2D eigenvalue weighted by atomic mass is 9.98. The van der Waals surface area contributed by atoms with Crippen LogP contribution >= 0.6 is 11.8 Å². The van der Waals surface area contributed by atoms with Crippen LogP contribution in [-0.2, 0) is 0 Å². The highest BCUT2D eigenvalue weighted by Crippen LogP contribution is 2.32. The van der Waals surface area contributed by atoms with Crippen LogP contribution in [0.25, 0.3) is 0 Å². The fourth-order valence-corrected chi connectivity index (χ4v) is 3.47. The molecule has 1 atom stereocenters. The number of likely N-dealkylation sites (tertiary alicyclic amines) is 1. The van der Waals surface area contributed by atoms with Crippen molar-refractivity contribution in [3.05, 3.63) is 54.0 Å². The van der Waals surface area contributed by atoms with Gasteiger partial charge in [-0.05, 0) is 49.8 Å². The van der Waals surface area contributed by atoms with Gasteiger partial charge in [-0.1, -0.05) is 6.07 Å². The van der Waals surface area contributed by atoms with E-state index >= 15 is 0 Å². The van der Waals surface area contributed by atoms with Gasteiger partial charge in [-0.2, -0.15) is 0 Å². The predicted octanol–water partition coefficient (Wildman–Crippen LogP) is 3.57. The van der Waals surface area contributed by atoms with E-state index in [1.54, 1.807) is 12.4 Å². The predicted molar refractivity (Wildman–Crippen MR) is 87.9 cm³/mol. The molecule has 22 heavy (non-hydrogen) atoms. The number of thioether (sulfide) groups is 1. The van der Waals surface area contributed by atoms with Crippen molar-refractivity contribution in [3.63, 3.8) is 0 Å². The van der Waals surface area contributed by atoms with E-state index in [4.69, 9.17) is 0 Å². The number of carbonyl (C=O) groups is 1. The number of carbonyl (C=O) groups excluding carboxylic acids is 1. The Morgan fingerprint density at radius 3 is 2.82 bits per heavy atom. The van der Waals surface area contributed by atoms with Crippen LogP contribution in [0.2, 0.25) is 0 Å². The summed E-state index contributed by atoms with van der Waals surface area (Å²) in [6.45, 7) is 0.781. The van der Waals surface area contributed by atoms with Gasteiger partial charge in [0.15, 0.2) is 0 Å². The molecule has 1 fully saturated rings. The van der Waals surface area contributed by atoms with Crippen LogP contribution < -0.4 is 0 Å². The molecule has 1 aliphatic heterocycles. The minimum absolute atomic E-state index is 0.0628. The second-order valence-corrected chi connectivity index (χ2v) is 6.12. The van der Waals surface area contributed by atoms with Crippen LogP contribution in [0.1, 0.15) is 41.4 Å². The third-order valence-electron chi connectivity index (χ3n) is 3.99. The minimum atomic E-state index is 0.0628. The van der Waals surface area contributed by atoms with Gasteiger partial charge in [0.1, 0.15) is 5.03 Å². The highest BCUT2D eigenvalue weighted by Gasteiger charge is 2.30. The van der Waals surface area contributed by atoms with Gasteiger partial charge in [-0.25, -0.2) is 4.98 Å². The second kappa shape index (κ2) is 6.92. The van der Waals surface area contributed by atoms with Crippen LogP contribution in [0.4, 0.5) is 0 Å². The fourth-order valence-electron chi connectivity index (χ4n) is 2.93. The van der Waals surface area contributed by atoms with Crippen LogP contribution in [-0.4, -0.2) is 33.6 Å². The standard InChI is InChI=1S/C17H19N3OS/c1-22-16-13(7-6-11-19-16)17(21)20-12-5-3-9-15(20)14-8-2-4-10-18-14/h2,4,6-8,10-11,15H,3,5,9,12H2,1H3/t15-/m1/s1. The van der Waals surface area contributed by atoms with E-state index in [0.717, 1.165) is 36.5 Å². The average molecular weight is 313 g/mol. The van der Waals surface area contributed by atoms with Crippen molar-refractivity contribution >= 4 is 17.7 Å². The maximum atomic E-state index is 13.0. The Morgan fingerprint density at radius 1 is 1.18 bits per heavy atom. The van der Waals surface area contributed by atoms with Crippen LogP contribution in [0, 0.1) is 0 Å². The first kappa shape index (κ1) is 15.0. The molecule has 0 aromatic carbocycles. The molecule has 0 radical (unpaired) electrons. The Labute approximate surface area is 135 Å². The van der Waals surface area contributed by atoms with Crippen molar-refractivity contribution in [2.24, 2.45) is 0 Å². The quantitative estimate of drug-likeness (QED) is 0.813. The van der Waals surface area contributed by atoms with Gasteiger partial charge in [0, 0.05) is 18.9 Å². The van der Waals surface area contributed by atoms with Gasteiger partial charge >= 0.3 is 0 Å². The van der Waals surface area contributed by atoms with Crippen molar-refractivity contribution in [2.75, 3.05) is 12.8 Å².